The highest BCUT2D eigenvalue weighted by molar-refractivity contribution is 6.32. The number of aromatic nitrogens is 3. The van der Waals surface area contributed by atoms with Crippen LogP contribution < -0.4 is 16.0 Å². The van der Waals surface area contributed by atoms with Gasteiger partial charge in [0.15, 0.2) is 5.82 Å². The summed E-state index contributed by atoms with van der Waals surface area (Å²) in [5.74, 6) is 1.36. The number of piperidine rings is 1. The van der Waals surface area contributed by atoms with E-state index < -0.39 is 0 Å². The molecule has 2 aliphatic rings. The van der Waals surface area contributed by atoms with E-state index in [0.29, 0.717) is 36.1 Å². The number of nitrogens with zero attached hydrogens (tertiary/aromatic N) is 4. The van der Waals surface area contributed by atoms with Crippen molar-refractivity contribution in [1.29, 1.82) is 0 Å². The lowest BCUT2D eigenvalue weighted by Crippen LogP contribution is -2.38. The second-order valence-corrected chi connectivity index (χ2v) is 9.93. The van der Waals surface area contributed by atoms with Crippen LogP contribution >= 0.6 is 11.6 Å². The molecular weight excluding hydrogens is 490 g/mol. The van der Waals surface area contributed by atoms with Crippen molar-refractivity contribution in [2.45, 2.75) is 45.4 Å². The number of hydrogen-bond acceptors (Lipinski definition) is 7. The quantitative estimate of drug-likeness (QED) is 0.440. The number of carbonyl (C=O) groups excluding carboxylic acids is 2. The Morgan fingerprint density at radius 2 is 1.92 bits per heavy atom. The minimum atomic E-state index is -0.00325. The summed E-state index contributed by atoms with van der Waals surface area (Å²) in [6.07, 6.45) is 9.27. The van der Waals surface area contributed by atoms with Crippen molar-refractivity contribution in [3.05, 3.63) is 59.0 Å². The number of rotatable bonds is 4. The molecule has 2 aromatic heterocycles. The standard InChI is InChI=1S/C27H30ClN7O2/c1-2-25(37)35-9-7-17(8-10-35)12-24(36)33-23-6-5-20-13-19(23)4-3-18-11-21(15-29-14-18)32-27-30-16-22(28)26(31-20)34-27/h5-6,11,13-17H,2-4,7-10,12H2,1H3,(H,33,36)(H2,30,31,32,34). The molecule has 6 bridgehead atoms. The molecule has 2 amide bonds. The van der Waals surface area contributed by atoms with E-state index in [4.69, 9.17) is 11.6 Å². The Bertz CT molecular complexity index is 1310. The number of fused-ring (bicyclic) bond motifs is 6. The molecule has 10 heteroatoms. The van der Waals surface area contributed by atoms with Crippen LogP contribution in [0, 0.1) is 5.92 Å². The molecule has 192 valence electrons. The van der Waals surface area contributed by atoms with Gasteiger partial charge in [0.25, 0.3) is 0 Å². The molecule has 3 N–H and O–H groups in total. The zero-order valence-corrected chi connectivity index (χ0v) is 21.5. The molecule has 5 rings (SSSR count). The van der Waals surface area contributed by atoms with Gasteiger partial charge in [-0.3, -0.25) is 14.6 Å². The van der Waals surface area contributed by atoms with E-state index in [1.165, 1.54) is 0 Å². The van der Waals surface area contributed by atoms with Gasteiger partial charge in [0.05, 0.1) is 18.1 Å². The molecule has 0 saturated carbocycles. The largest absolute Gasteiger partial charge is 0.343 e. The Labute approximate surface area is 221 Å². The maximum absolute atomic E-state index is 13.0. The monoisotopic (exact) mass is 519 g/mol. The average Bonchev–Trinajstić information content (AvgIpc) is 2.91. The minimum absolute atomic E-state index is 0.00325. The molecule has 1 fully saturated rings. The van der Waals surface area contributed by atoms with Crippen LogP contribution in [0.5, 0.6) is 0 Å². The number of pyridine rings is 1. The maximum Gasteiger partial charge on any atom is 0.229 e. The van der Waals surface area contributed by atoms with E-state index >= 15 is 0 Å². The number of anilines is 5. The fraction of sp³-hybridized carbons (Fsp3) is 0.370. The van der Waals surface area contributed by atoms with E-state index in [-0.39, 0.29) is 17.7 Å². The van der Waals surface area contributed by atoms with E-state index in [9.17, 15) is 9.59 Å². The first-order valence-electron chi connectivity index (χ1n) is 12.7. The first kappa shape index (κ1) is 25.0. The van der Waals surface area contributed by atoms with Crippen molar-refractivity contribution < 1.29 is 9.59 Å². The van der Waals surface area contributed by atoms with Gasteiger partial charge in [0.1, 0.15) is 5.02 Å². The van der Waals surface area contributed by atoms with Crippen molar-refractivity contribution in [2.75, 3.05) is 29.0 Å². The van der Waals surface area contributed by atoms with Gasteiger partial charge in [-0.2, -0.15) is 4.98 Å². The summed E-state index contributed by atoms with van der Waals surface area (Å²) in [7, 11) is 0. The van der Waals surface area contributed by atoms with Crippen LogP contribution in [0.2, 0.25) is 5.02 Å². The van der Waals surface area contributed by atoms with Gasteiger partial charge in [-0.15, -0.1) is 0 Å². The third kappa shape index (κ3) is 6.17. The molecule has 3 aromatic rings. The predicted octanol–water partition coefficient (Wildman–Crippen LogP) is 5.09. The molecule has 0 unspecified atom stereocenters. The minimum Gasteiger partial charge on any atom is -0.343 e. The molecule has 37 heavy (non-hydrogen) atoms. The van der Waals surface area contributed by atoms with Gasteiger partial charge in [0, 0.05) is 43.5 Å². The third-order valence-electron chi connectivity index (χ3n) is 6.86. The molecule has 9 nitrogen and oxygen atoms in total. The summed E-state index contributed by atoms with van der Waals surface area (Å²) in [5, 5.41) is 10.00. The van der Waals surface area contributed by atoms with Crippen molar-refractivity contribution in [3.8, 4) is 0 Å². The summed E-state index contributed by atoms with van der Waals surface area (Å²) >= 11 is 6.35. The molecule has 4 heterocycles. The summed E-state index contributed by atoms with van der Waals surface area (Å²) in [6, 6.07) is 7.86. The van der Waals surface area contributed by atoms with Crippen LogP contribution in [0.15, 0.2) is 42.9 Å². The highest BCUT2D eigenvalue weighted by Crippen LogP contribution is 2.30. The zero-order valence-electron chi connectivity index (χ0n) is 20.8. The average molecular weight is 520 g/mol. The van der Waals surface area contributed by atoms with Crippen LogP contribution in [-0.4, -0.2) is 44.8 Å². The maximum atomic E-state index is 13.0. The molecule has 0 aliphatic carbocycles. The van der Waals surface area contributed by atoms with Crippen LogP contribution in [-0.2, 0) is 22.4 Å². The summed E-state index contributed by atoms with van der Waals surface area (Å²) < 4.78 is 0. The van der Waals surface area contributed by atoms with Crippen molar-refractivity contribution in [2.24, 2.45) is 5.92 Å². The van der Waals surface area contributed by atoms with Crippen molar-refractivity contribution in [3.63, 3.8) is 0 Å². The first-order valence-corrected chi connectivity index (χ1v) is 13.1. The summed E-state index contributed by atoms with van der Waals surface area (Å²) in [6.45, 7) is 3.34. The molecule has 2 aliphatic heterocycles. The van der Waals surface area contributed by atoms with Crippen molar-refractivity contribution >= 4 is 52.2 Å². The van der Waals surface area contributed by atoms with Gasteiger partial charge in [0.2, 0.25) is 17.8 Å². The SMILES string of the molecule is CCC(=O)N1CCC(CC(=O)Nc2ccc3cc2CCc2cncc(c2)Nc2ncc(Cl)c(n2)N3)CC1. The number of aryl methyl sites for hydroxylation is 2. The Hall–Kier alpha value is -3.72. The normalized spacial score (nSPS) is 15.4. The predicted molar refractivity (Wildman–Crippen MR) is 145 cm³/mol. The van der Waals surface area contributed by atoms with Gasteiger partial charge in [-0.25, -0.2) is 4.98 Å². The highest BCUT2D eigenvalue weighted by Gasteiger charge is 2.24. The number of nitrogens with one attached hydrogen (secondary N) is 3. The smallest absolute Gasteiger partial charge is 0.229 e. The second-order valence-electron chi connectivity index (χ2n) is 9.52. The number of amides is 2. The Morgan fingerprint density at radius 1 is 1.08 bits per heavy atom. The van der Waals surface area contributed by atoms with Crippen LogP contribution in [0.25, 0.3) is 0 Å². The van der Waals surface area contributed by atoms with Gasteiger partial charge in [-0.05, 0) is 67.0 Å². The second kappa shape index (κ2) is 11.1. The lowest BCUT2D eigenvalue weighted by molar-refractivity contribution is -0.132. The number of likely N-dealkylation sites (tertiary alicyclic amines) is 1. The third-order valence-corrected chi connectivity index (χ3v) is 7.14. The number of benzene rings is 1. The topological polar surface area (TPSA) is 112 Å². The zero-order chi connectivity index (χ0) is 25.8. The Kier molecular flexibility index (Phi) is 7.50. The lowest BCUT2D eigenvalue weighted by Gasteiger charge is -2.31. The van der Waals surface area contributed by atoms with E-state index in [2.05, 4.69) is 30.9 Å². The van der Waals surface area contributed by atoms with Crippen LogP contribution in [0.3, 0.4) is 0 Å². The fourth-order valence-electron chi connectivity index (χ4n) is 4.83. The molecule has 0 atom stereocenters. The van der Waals surface area contributed by atoms with Gasteiger partial charge < -0.3 is 20.9 Å². The van der Waals surface area contributed by atoms with Crippen LogP contribution in [0.1, 0.15) is 43.7 Å². The van der Waals surface area contributed by atoms with Gasteiger partial charge >= 0.3 is 0 Å². The number of carbonyl (C=O) groups is 2. The molecule has 1 saturated heterocycles. The lowest BCUT2D eigenvalue weighted by atomic mass is 9.93. The molecule has 0 radical (unpaired) electrons. The molecule has 1 aromatic carbocycles. The van der Waals surface area contributed by atoms with E-state index in [1.807, 2.05) is 42.3 Å². The van der Waals surface area contributed by atoms with Crippen molar-refractivity contribution in [1.82, 2.24) is 19.9 Å². The highest BCUT2D eigenvalue weighted by atomic mass is 35.5. The number of halogens is 1. The van der Waals surface area contributed by atoms with Gasteiger partial charge in [-0.1, -0.05) is 18.5 Å². The first-order chi connectivity index (χ1) is 18.0. The molecule has 0 spiro atoms. The summed E-state index contributed by atoms with van der Waals surface area (Å²) in [4.78, 5) is 40.0. The van der Waals surface area contributed by atoms with E-state index in [0.717, 1.165) is 60.5 Å². The summed E-state index contributed by atoms with van der Waals surface area (Å²) in [5.41, 5.74) is 4.46. The van der Waals surface area contributed by atoms with Crippen LogP contribution in [0.4, 0.5) is 28.8 Å². The van der Waals surface area contributed by atoms with E-state index in [1.54, 1.807) is 12.4 Å². The Morgan fingerprint density at radius 3 is 2.73 bits per heavy atom. The fourth-order valence-corrected chi connectivity index (χ4v) is 4.96. The Balaban J connectivity index is 1.34. The molecular formula is C27H30ClN7O2. The number of hydrogen-bond donors (Lipinski definition) is 3.